The molecule has 0 bridgehead atoms. The van der Waals surface area contributed by atoms with E-state index in [-0.39, 0.29) is 6.42 Å². The summed E-state index contributed by atoms with van der Waals surface area (Å²) in [5.41, 5.74) is 0. The van der Waals surface area contributed by atoms with E-state index in [0.29, 0.717) is 18.0 Å². The Morgan fingerprint density at radius 1 is 1.44 bits per heavy atom. The molecule has 1 fully saturated rings. The molecule has 0 aromatic rings. The molecule has 0 aromatic heterocycles. The van der Waals surface area contributed by atoms with Gasteiger partial charge in [0, 0.05) is 18.5 Å². The predicted molar refractivity (Wildman–Crippen MR) is 65.4 cm³/mol. The van der Waals surface area contributed by atoms with Crippen molar-refractivity contribution < 1.29 is 9.90 Å². The number of rotatable bonds is 5. The fraction of sp³-hybridized carbons (Fsp3) is 0.923. The van der Waals surface area contributed by atoms with Crippen molar-refractivity contribution >= 4 is 5.97 Å². The second kappa shape index (κ2) is 6.24. The van der Waals surface area contributed by atoms with E-state index in [1.54, 1.807) is 0 Å². The SMILES string of the molecule is CC(CCC(=O)O)NC1CCCC(C)C1C. The Bertz CT molecular complexity index is 230. The van der Waals surface area contributed by atoms with Gasteiger partial charge >= 0.3 is 5.97 Å². The lowest BCUT2D eigenvalue weighted by atomic mass is 9.78. The van der Waals surface area contributed by atoms with Crippen LogP contribution < -0.4 is 5.32 Å². The molecule has 0 heterocycles. The fourth-order valence-electron chi connectivity index (χ4n) is 2.61. The molecule has 3 nitrogen and oxygen atoms in total. The lowest BCUT2D eigenvalue weighted by Gasteiger charge is -2.36. The van der Waals surface area contributed by atoms with Crippen LogP contribution in [0.3, 0.4) is 0 Å². The largest absolute Gasteiger partial charge is 0.481 e. The van der Waals surface area contributed by atoms with E-state index in [1.165, 1.54) is 19.3 Å². The second-order valence-corrected chi connectivity index (χ2v) is 5.37. The van der Waals surface area contributed by atoms with Crippen molar-refractivity contribution in [3.05, 3.63) is 0 Å². The van der Waals surface area contributed by atoms with Gasteiger partial charge < -0.3 is 10.4 Å². The smallest absolute Gasteiger partial charge is 0.303 e. The third-order valence-electron chi connectivity index (χ3n) is 4.00. The Kier molecular flexibility index (Phi) is 5.26. The van der Waals surface area contributed by atoms with Crippen molar-refractivity contribution in [2.45, 2.75) is 65.0 Å². The van der Waals surface area contributed by atoms with E-state index >= 15 is 0 Å². The van der Waals surface area contributed by atoms with Gasteiger partial charge in [0.15, 0.2) is 0 Å². The first-order valence-corrected chi connectivity index (χ1v) is 6.48. The number of carboxylic acid groups (broad SMARTS) is 1. The molecule has 1 saturated carbocycles. The van der Waals surface area contributed by atoms with Crippen LogP contribution in [0.2, 0.25) is 0 Å². The van der Waals surface area contributed by atoms with Crippen molar-refractivity contribution in [1.29, 1.82) is 0 Å². The maximum Gasteiger partial charge on any atom is 0.303 e. The van der Waals surface area contributed by atoms with E-state index < -0.39 is 5.97 Å². The van der Waals surface area contributed by atoms with Gasteiger partial charge in [0.1, 0.15) is 0 Å². The molecular weight excluding hydrogens is 202 g/mol. The number of aliphatic carboxylic acids is 1. The van der Waals surface area contributed by atoms with Gasteiger partial charge in [-0.1, -0.05) is 26.7 Å². The van der Waals surface area contributed by atoms with Gasteiger partial charge in [-0.25, -0.2) is 0 Å². The lowest BCUT2D eigenvalue weighted by molar-refractivity contribution is -0.137. The molecule has 0 saturated heterocycles. The molecule has 0 aromatic carbocycles. The van der Waals surface area contributed by atoms with Crippen LogP contribution in [0, 0.1) is 11.8 Å². The minimum atomic E-state index is -0.696. The van der Waals surface area contributed by atoms with Gasteiger partial charge in [-0.2, -0.15) is 0 Å². The molecule has 1 aliphatic rings. The zero-order valence-corrected chi connectivity index (χ0v) is 10.7. The molecule has 3 heteroatoms. The first kappa shape index (κ1) is 13.5. The minimum absolute atomic E-state index is 0.269. The average molecular weight is 227 g/mol. The van der Waals surface area contributed by atoms with E-state index in [1.807, 2.05) is 0 Å². The molecule has 94 valence electrons. The third kappa shape index (κ3) is 4.12. The number of carbonyl (C=O) groups is 1. The van der Waals surface area contributed by atoms with Gasteiger partial charge in [-0.15, -0.1) is 0 Å². The van der Waals surface area contributed by atoms with Crippen LogP contribution in [0.5, 0.6) is 0 Å². The fourth-order valence-corrected chi connectivity index (χ4v) is 2.61. The van der Waals surface area contributed by atoms with Crippen molar-refractivity contribution in [3.8, 4) is 0 Å². The summed E-state index contributed by atoms with van der Waals surface area (Å²) < 4.78 is 0. The van der Waals surface area contributed by atoms with Crippen molar-refractivity contribution in [2.75, 3.05) is 0 Å². The van der Waals surface area contributed by atoms with Gasteiger partial charge in [0.25, 0.3) is 0 Å². The summed E-state index contributed by atoms with van der Waals surface area (Å²) >= 11 is 0. The Labute approximate surface area is 98.6 Å². The van der Waals surface area contributed by atoms with E-state index in [9.17, 15) is 4.79 Å². The lowest BCUT2D eigenvalue weighted by Crippen LogP contribution is -2.44. The molecule has 2 N–H and O–H groups in total. The molecule has 0 radical (unpaired) electrons. The van der Waals surface area contributed by atoms with Crippen LogP contribution in [0.1, 0.15) is 52.9 Å². The van der Waals surface area contributed by atoms with Crippen molar-refractivity contribution in [3.63, 3.8) is 0 Å². The highest BCUT2D eigenvalue weighted by molar-refractivity contribution is 5.66. The van der Waals surface area contributed by atoms with Gasteiger partial charge in [-0.3, -0.25) is 4.79 Å². The van der Waals surface area contributed by atoms with Crippen molar-refractivity contribution in [2.24, 2.45) is 11.8 Å². The molecule has 0 amide bonds. The zero-order valence-electron chi connectivity index (χ0n) is 10.7. The monoisotopic (exact) mass is 227 g/mol. The summed E-state index contributed by atoms with van der Waals surface area (Å²) in [4.78, 5) is 10.5. The molecule has 0 spiro atoms. The van der Waals surface area contributed by atoms with Crippen LogP contribution >= 0.6 is 0 Å². The number of hydrogen-bond acceptors (Lipinski definition) is 2. The quantitative estimate of drug-likeness (QED) is 0.759. The molecule has 1 rings (SSSR count). The summed E-state index contributed by atoms with van der Waals surface area (Å²) in [5, 5.41) is 12.2. The van der Waals surface area contributed by atoms with Crippen LogP contribution in [0.4, 0.5) is 0 Å². The maximum absolute atomic E-state index is 10.5. The van der Waals surface area contributed by atoms with Gasteiger partial charge in [0.05, 0.1) is 0 Å². The van der Waals surface area contributed by atoms with Crippen molar-refractivity contribution in [1.82, 2.24) is 5.32 Å². The molecule has 4 unspecified atom stereocenters. The first-order chi connectivity index (χ1) is 7.50. The van der Waals surface area contributed by atoms with Gasteiger partial charge in [0.2, 0.25) is 0 Å². The van der Waals surface area contributed by atoms with E-state index in [4.69, 9.17) is 5.11 Å². The molecule has 1 aliphatic carbocycles. The molecule has 0 aliphatic heterocycles. The number of nitrogens with one attached hydrogen (secondary N) is 1. The van der Waals surface area contributed by atoms with Crippen LogP contribution in [-0.4, -0.2) is 23.2 Å². The standard InChI is InChI=1S/C13H25NO2/c1-9-5-4-6-12(11(9)3)14-10(2)7-8-13(15)16/h9-12,14H,4-8H2,1-3H3,(H,15,16). The first-order valence-electron chi connectivity index (χ1n) is 6.48. The average Bonchev–Trinajstić information content (AvgIpc) is 2.22. The topological polar surface area (TPSA) is 49.3 Å². The summed E-state index contributed by atoms with van der Waals surface area (Å²) in [6, 6.07) is 0.890. The molecule has 16 heavy (non-hydrogen) atoms. The Morgan fingerprint density at radius 2 is 2.12 bits per heavy atom. The van der Waals surface area contributed by atoms with Crippen LogP contribution in [0.15, 0.2) is 0 Å². The zero-order chi connectivity index (χ0) is 12.1. The van der Waals surface area contributed by atoms with Crippen LogP contribution in [-0.2, 0) is 4.79 Å². The van der Waals surface area contributed by atoms with E-state index in [0.717, 1.165) is 12.3 Å². The Hall–Kier alpha value is -0.570. The Morgan fingerprint density at radius 3 is 2.75 bits per heavy atom. The third-order valence-corrected chi connectivity index (χ3v) is 4.00. The second-order valence-electron chi connectivity index (χ2n) is 5.37. The Balaban J connectivity index is 2.31. The number of carboxylic acids is 1. The minimum Gasteiger partial charge on any atom is -0.481 e. The molecular formula is C13H25NO2. The predicted octanol–water partition coefficient (Wildman–Crippen LogP) is 2.65. The van der Waals surface area contributed by atoms with E-state index in [2.05, 4.69) is 26.1 Å². The normalized spacial score (nSPS) is 32.3. The highest BCUT2D eigenvalue weighted by atomic mass is 16.4. The molecule has 4 atom stereocenters. The van der Waals surface area contributed by atoms with Gasteiger partial charge in [-0.05, 0) is 31.6 Å². The highest BCUT2D eigenvalue weighted by Crippen LogP contribution is 2.29. The van der Waals surface area contributed by atoms with Crippen LogP contribution in [0.25, 0.3) is 0 Å². The summed E-state index contributed by atoms with van der Waals surface area (Å²) in [6.07, 6.45) is 4.87. The highest BCUT2D eigenvalue weighted by Gasteiger charge is 2.27. The summed E-state index contributed by atoms with van der Waals surface area (Å²) in [5.74, 6) is 0.803. The number of hydrogen-bond donors (Lipinski definition) is 2. The maximum atomic E-state index is 10.5. The summed E-state index contributed by atoms with van der Waals surface area (Å²) in [7, 11) is 0. The summed E-state index contributed by atoms with van der Waals surface area (Å²) in [6.45, 7) is 6.72.